The summed E-state index contributed by atoms with van der Waals surface area (Å²) in [6.45, 7) is 22.2. The predicted molar refractivity (Wildman–Crippen MR) is 95.4 cm³/mol. The van der Waals surface area contributed by atoms with Crippen molar-refractivity contribution in [3.8, 4) is 0 Å². The van der Waals surface area contributed by atoms with E-state index in [1.807, 2.05) is 0 Å². The van der Waals surface area contributed by atoms with Crippen LogP contribution in [0.25, 0.3) is 0 Å². The number of hydrogen-bond donors (Lipinski definition) is 0. The summed E-state index contributed by atoms with van der Waals surface area (Å²) in [4.78, 5) is 0. The Morgan fingerprint density at radius 3 is 1.33 bits per heavy atom. The molecule has 0 saturated carbocycles. The van der Waals surface area contributed by atoms with Crippen molar-refractivity contribution in [2.24, 2.45) is 0 Å². The lowest BCUT2D eigenvalue weighted by Gasteiger charge is -2.30. The minimum Gasteiger partial charge on any atom is -0.0656 e. The van der Waals surface area contributed by atoms with Gasteiger partial charge in [-0.05, 0) is 0 Å². The SMILES string of the molecule is C[Si](C)(C)c1ccc([Si](C)(C)C)c([Si](C)(C)C)c1. The van der Waals surface area contributed by atoms with Gasteiger partial charge in [0.2, 0.25) is 0 Å². The van der Waals surface area contributed by atoms with E-state index >= 15 is 0 Å². The molecule has 3 heteroatoms. The summed E-state index contributed by atoms with van der Waals surface area (Å²) >= 11 is 0. The first-order valence-electron chi connectivity index (χ1n) is 6.99. The second kappa shape index (κ2) is 4.76. The minimum absolute atomic E-state index is 1.19. The molecule has 0 aliphatic carbocycles. The summed E-state index contributed by atoms with van der Waals surface area (Å²) < 4.78 is 0. The molecule has 0 N–H and O–H groups in total. The minimum atomic E-state index is -1.24. The Labute approximate surface area is 117 Å². The first-order valence-corrected chi connectivity index (χ1v) is 17.5. The van der Waals surface area contributed by atoms with Crippen molar-refractivity contribution in [3.05, 3.63) is 18.2 Å². The highest BCUT2D eigenvalue weighted by atomic mass is 28.3. The third kappa shape index (κ3) is 3.68. The number of rotatable bonds is 3. The number of hydrogen-bond acceptors (Lipinski definition) is 0. The van der Waals surface area contributed by atoms with E-state index in [0.29, 0.717) is 0 Å². The van der Waals surface area contributed by atoms with Gasteiger partial charge in [0.25, 0.3) is 0 Å². The molecule has 0 unspecified atom stereocenters. The van der Waals surface area contributed by atoms with Crippen LogP contribution in [0, 0.1) is 0 Å². The van der Waals surface area contributed by atoms with Crippen molar-refractivity contribution in [2.75, 3.05) is 0 Å². The molecular formula is C15H30Si3. The summed E-state index contributed by atoms with van der Waals surface area (Å²) in [7, 11) is -3.65. The quantitative estimate of drug-likeness (QED) is 0.750. The molecule has 0 aliphatic heterocycles. The summed E-state index contributed by atoms with van der Waals surface area (Å²) in [5, 5.41) is 5.05. The predicted octanol–water partition coefficient (Wildman–Crippen LogP) is 3.32. The first kappa shape index (κ1) is 15.9. The van der Waals surface area contributed by atoms with Gasteiger partial charge in [-0.15, -0.1) is 0 Å². The van der Waals surface area contributed by atoms with Crippen molar-refractivity contribution in [1.82, 2.24) is 0 Å². The highest BCUT2D eigenvalue weighted by Crippen LogP contribution is 2.09. The van der Waals surface area contributed by atoms with Gasteiger partial charge >= 0.3 is 0 Å². The maximum Gasteiger partial charge on any atom is 0.0775 e. The molecule has 0 spiro atoms. The smallest absolute Gasteiger partial charge is 0.0656 e. The zero-order chi connectivity index (χ0) is 14.4. The Morgan fingerprint density at radius 2 is 1.00 bits per heavy atom. The van der Waals surface area contributed by atoms with Crippen molar-refractivity contribution in [2.45, 2.75) is 58.9 Å². The summed E-state index contributed by atoms with van der Waals surface area (Å²) in [5.74, 6) is 0. The molecule has 0 heterocycles. The van der Waals surface area contributed by atoms with E-state index in [2.05, 4.69) is 77.1 Å². The molecule has 0 aliphatic rings. The zero-order valence-electron chi connectivity index (χ0n) is 13.7. The largest absolute Gasteiger partial charge is 0.0775 e. The van der Waals surface area contributed by atoms with Crippen LogP contribution in [0.2, 0.25) is 58.9 Å². The van der Waals surface area contributed by atoms with Crippen LogP contribution in [0.3, 0.4) is 0 Å². The van der Waals surface area contributed by atoms with E-state index < -0.39 is 24.2 Å². The van der Waals surface area contributed by atoms with Gasteiger partial charge in [-0.2, -0.15) is 0 Å². The van der Waals surface area contributed by atoms with Gasteiger partial charge in [0.05, 0.1) is 24.2 Å². The molecule has 1 aromatic rings. The van der Waals surface area contributed by atoms with E-state index in [4.69, 9.17) is 0 Å². The summed E-state index contributed by atoms with van der Waals surface area (Å²) in [6, 6.07) is 7.46. The fourth-order valence-electron chi connectivity index (χ4n) is 2.29. The monoisotopic (exact) mass is 294 g/mol. The van der Waals surface area contributed by atoms with Crippen LogP contribution in [0.4, 0.5) is 0 Å². The van der Waals surface area contributed by atoms with Crippen LogP contribution in [0.5, 0.6) is 0 Å². The van der Waals surface area contributed by atoms with E-state index in [0.717, 1.165) is 0 Å². The van der Waals surface area contributed by atoms with Gasteiger partial charge in [-0.25, -0.2) is 0 Å². The second-order valence-electron chi connectivity index (χ2n) is 8.51. The highest BCUT2D eigenvalue weighted by Gasteiger charge is 2.29. The molecule has 1 aromatic carbocycles. The van der Waals surface area contributed by atoms with Crippen LogP contribution in [0.1, 0.15) is 0 Å². The van der Waals surface area contributed by atoms with Gasteiger partial charge in [-0.1, -0.05) is 92.7 Å². The molecule has 0 nitrogen and oxygen atoms in total. The van der Waals surface area contributed by atoms with Crippen molar-refractivity contribution in [1.29, 1.82) is 0 Å². The zero-order valence-corrected chi connectivity index (χ0v) is 16.7. The molecule has 0 atom stereocenters. The van der Waals surface area contributed by atoms with Gasteiger partial charge < -0.3 is 0 Å². The average Bonchev–Trinajstić information content (AvgIpc) is 2.12. The average molecular weight is 295 g/mol. The molecule has 0 saturated heterocycles. The fraction of sp³-hybridized carbons (Fsp3) is 0.600. The highest BCUT2D eigenvalue weighted by molar-refractivity contribution is 6.99. The number of benzene rings is 1. The van der Waals surface area contributed by atoms with E-state index in [9.17, 15) is 0 Å². The summed E-state index contributed by atoms with van der Waals surface area (Å²) in [6.07, 6.45) is 0. The maximum atomic E-state index is 2.58. The molecule has 0 fully saturated rings. The lowest BCUT2D eigenvalue weighted by molar-refractivity contribution is 1.65. The van der Waals surface area contributed by atoms with Crippen LogP contribution in [0.15, 0.2) is 18.2 Å². The molecule has 0 bridgehead atoms. The molecule has 18 heavy (non-hydrogen) atoms. The standard InChI is InChI=1S/C15H30Si3/c1-16(2,3)13-10-11-14(17(4,5)6)15(12-13)18(7,8)9/h10-12H,1-9H3. The van der Waals surface area contributed by atoms with Crippen molar-refractivity contribution < 1.29 is 0 Å². The molecule has 1 rings (SSSR count). The molecular weight excluding hydrogens is 264 g/mol. The van der Waals surface area contributed by atoms with Crippen LogP contribution in [-0.4, -0.2) is 24.2 Å². The Kier molecular flexibility index (Phi) is 4.21. The lowest BCUT2D eigenvalue weighted by atomic mass is 10.3. The van der Waals surface area contributed by atoms with Crippen LogP contribution >= 0.6 is 0 Å². The Hall–Kier alpha value is -0.129. The molecule has 102 valence electrons. The van der Waals surface area contributed by atoms with Gasteiger partial charge in [0, 0.05) is 0 Å². The van der Waals surface area contributed by atoms with E-state index in [-0.39, 0.29) is 0 Å². The van der Waals surface area contributed by atoms with E-state index in [1.54, 1.807) is 15.6 Å². The fourth-order valence-corrected chi connectivity index (χ4v) is 8.78. The first-order chi connectivity index (χ1) is 7.83. The second-order valence-corrected chi connectivity index (χ2v) is 23.7. The maximum absolute atomic E-state index is 2.58. The third-order valence-electron chi connectivity index (χ3n) is 3.50. The lowest BCUT2D eigenvalue weighted by Crippen LogP contribution is -2.58. The Bertz CT molecular complexity index is 429. The topological polar surface area (TPSA) is 0 Å². The van der Waals surface area contributed by atoms with Crippen LogP contribution in [-0.2, 0) is 0 Å². The van der Waals surface area contributed by atoms with Gasteiger partial charge in [0.1, 0.15) is 0 Å². The van der Waals surface area contributed by atoms with E-state index in [1.165, 1.54) is 0 Å². The van der Waals surface area contributed by atoms with Crippen molar-refractivity contribution >= 4 is 39.8 Å². The van der Waals surface area contributed by atoms with Gasteiger partial charge in [-0.3, -0.25) is 0 Å². The molecule has 0 amide bonds. The Balaban J connectivity index is 3.50. The van der Waals surface area contributed by atoms with Crippen molar-refractivity contribution in [3.63, 3.8) is 0 Å². The molecule has 0 aromatic heterocycles. The third-order valence-corrected chi connectivity index (χ3v) is 9.88. The molecule has 0 radical (unpaired) electrons. The van der Waals surface area contributed by atoms with Gasteiger partial charge in [0.15, 0.2) is 0 Å². The summed E-state index contributed by atoms with van der Waals surface area (Å²) in [5.41, 5.74) is 0. The normalized spacial score (nSPS) is 13.8. The Morgan fingerprint density at radius 1 is 0.556 bits per heavy atom. The van der Waals surface area contributed by atoms with Crippen LogP contribution < -0.4 is 15.6 Å².